The maximum absolute atomic E-state index is 13.4. The molecule has 0 amide bonds. The summed E-state index contributed by atoms with van der Waals surface area (Å²) >= 11 is 24.8. The number of azo groups is 2. The third-order valence-corrected chi connectivity index (χ3v) is 19.3. The minimum Gasteiger partial charge on any atom is -0.857 e. The van der Waals surface area contributed by atoms with Gasteiger partial charge in [0.25, 0.3) is 20.2 Å². The van der Waals surface area contributed by atoms with Crippen LogP contribution in [-0.4, -0.2) is 127 Å². The van der Waals surface area contributed by atoms with Crippen molar-refractivity contribution in [1.29, 1.82) is 0 Å². The molecule has 0 unspecified atom stereocenters. The predicted molar refractivity (Wildman–Crippen MR) is 337 cm³/mol. The van der Waals surface area contributed by atoms with Crippen LogP contribution in [0.15, 0.2) is 179 Å². The average Bonchev–Trinajstić information content (AvgIpc) is 1.69. The number of hydrogen-bond acceptors (Lipinski definition) is 30. The van der Waals surface area contributed by atoms with Crippen LogP contribution in [-0.2, 0) is 60.7 Å². The normalized spacial score (nSPS) is 12.9. The molecular weight excluding hydrogens is 1670 g/mol. The van der Waals surface area contributed by atoms with Crippen LogP contribution < -0.4 is 210 Å². The van der Waals surface area contributed by atoms with Gasteiger partial charge in [0, 0.05) is 11.8 Å². The van der Waals surface area contributed by atoms with Gasteiger partial charge in [0.05, 0.1) is 75.1 Å². The molecule has 520 valence electrons. The predicted octanol–water partition coefficient (Wildman–Crippen LogP) is -12.4. The molecule has 106 heavy (non-hydrogen) atoms. The zero-order valence-electron chi connectivity index (χ0n) is 55.0. The van der Waals surface area contributed by atoms with Crippen molar-refractivity contribution in [3.8, 4) is 23.1 Å². The summed E-state index contributed by atoms with van der Waals surface area (Å²) in [6.07, 6.45) is 2.10. The fraction of sp³-hybridized carbons (Fsp3) is 0.0385. The van der Waals surface area contributed by atoms with E-state index in [0.717, 1.165) is 109 Å². The van der Waals surface area contributed by atoms with Crippen molar-refractivity contribution in [3.05, 3.63) is 175 Å². The molecule has 0 saturated carbocycles. The van der Waals surface area contributed by atoms with E-state index in [9.17, 15) is 88.0 Å². The van der Waals surface area contributed by atoms with Crippen molar-refractivity contribution >= 4 is 165 Å². The number of benzene rings is 6. The first-order valence-electron chi connectivity index (χ1n) is 26.5. The van der Waals surface area contributed by atoms with E-state index >= 15 is 0 Å². The Hall–Kier alpha value is -3.88. The average molecular weight is 1700 g/mol. The van der Waals surface area contributed by atoms with Gasteiger partial charge in [-0.25, -0.2) is 63.0 Å². The largest absolute Gasteiger partial charge is 1.00 e. The number of nitrogens with zero attached hydrogens (tertiary/aromatic N) is 14. The molecule has 4 heterocycles. The molecule has 38 nitrogen and oxygen atoms in total. The topological polar surface area (TPSA) is 607 Å². The summed E-state index contributed by atoms with van der Waals surface area (Å²) in [4.78, 5) is 30.2. The molecular formula is C52H32Cl4N18Na6O20S6. The maximum atomic E-state index is 13.4. The van der Waals surface area contributed by atoms with Gasteiger partial charge in [-0.2, -0.15) is 37.0 Å². The van der Waals surface area contributed by atoms with Gasteiger partial charge in [-0.3, -0.25) is 19.1 Å². The monoisotopic (exact) mass is 1700 g/mol. The number of aryl methyl sites for hydroxylation is 2. The summed E-state index contributed by atoms with van der Waals surface area (Å²) in [6.45, 7) is 2.54. The Morgan fingerprint density at radius 1 is 0.415 bits per heavy atom. The van der Waals surface area contributed by atoms with Gasteiger partial charge in [0.2, 0.25) is 33.0 Å². The first-order chi connectivity index (χ1) is 46.6. The van der Waals surface area contributed by atoms with Gasteiger partial charge in [-0.1, -0.05) is 47.5 Å². The van der Waals surface area contributed by atoms with Crippen LogP contribution in [0.3, 0.4) is 0 Å². The van der Waals surface area contributed by atoms with Crippen LogP contribution >= 0.6 is 46.4 Å². The zero-order chi connectivity index (χ0) is 72.9. The Morgan fingerprint density at radius 3 is 1.07 bits per heavy atom. The smallest absolute Gasteiger partial charge is 0.857 e. The van der Waals surface area contributed by atoms with Gasteiger partial charge < -0.3 is 38.4 Å². The quantitative estimate of drug-likeness (QED) is 0.0201. The summed E-state index contributed by atoms with van der Waals surface area (Å²) in [5.41, 5.74) is -6.07. The summed E-state index contributed by atoms with van der Waals surface area (Å²) in [5, 5.41) is 48.8. The Labute approximate surface area is 750 Å². The standard InChI is InChI=1S/C52H38Cl4N18O20S6.6Na/c1-23-43(45(75)73(71-23)37-21-31(95(77,78)79)11-13-33(37)53)69-67-35-17-27(9-15-39(35)97(83,84)85)57-49-61-47(55)63-51(65-49)59-29-7-5-25(41(19-29)99(89,90)91)3-4-26-6-8-30(20-42(26)100(92,93)94)60-52-64-48(56)62-50(66-52)58-28-10-16-40(98(86,87)88)36(18-28)68-70-44-24(2)72-74(46(44)76)38-22-32(96(80,81)82)12-14-34(38)54;;;;;;/h3-22,75-76H,1-2H3,(H,77,78,79)(H,80,81,82)(H,83,84,85)(H,86,87,88)(H,89,90,91)(H,92,93,94)(H2,57,59,61,63,65)(H2,58,60,62,64,66);;;;;;/q;6*+1/p-6/b4-3+,69-67?,70-68?;;;;;;. The number of rotatable bonds is 18. The Balaban J connectivity index is 0.00000396. The van der Waals surface area contributed by atoms with Crippen molar-refractivity contribution in [2.24, 2.45) is 40.4 Å². The maximum Gasteiger partial charge on any atom is 1.00 e. The van der Waals surface area contributed by atoms with Crippen molar-refractivity contribution < 1.29 is 265 Å². The zero-order valence-corrected chi connectivity index (χ0v) is 74.9. The number of hydrogen-bond donors (Lipinski definition) is 6. The summed E-state index contributed by atoms with van der Waals surface area (Å²) < 4.78 is 217. The van der Waals surface area contributed by atoms with Crippen LogP contribution in [0.1, 0.15) is 22.5 Å². The van der Waals surface area contributed by atoms with Crippen molar-refractivity contribution in [3.63, 3.8) is 0 Å². The molecule has 0 aliphatic carbocycles. The summed E-state index contributed by atoms with van der Waals surface area (Å²) in [7, 11) is -30.9. The Bertz CT molecular complexity index is 5910. The molecule has 6 aromatic carbocycles. The van der Waals surface area contributed by atoms with E-state index < -0.39 is 135 Å². The second-order valence-electron chi connectivity index (χ2n) is 19.9. The van der Waals surface area contributed by atoms with E-state index in [2.05, 4.69) is 80.5 Å². The van der Waals surface area contributed by atoms with Crippen LogP contribution in [0, 0.1) is 13.8 Å². The number of H-pyrrole nitrogens is 4. The van der Waals surface area contributed by atoms with Crippen molar-refractivity contribution in [2.75, 3.05) is 0 Å². The first-order valence-corrected chi connectivity index (χ1v) is 36.5. The Morgan fingerprint density at radius 2 is 0.745 bits per heavy atom. The molecule has 6 N–H and O–H groups in total. The van der Waals surface area contributed by atoms with E-state index in [0.29, 0.717) is 9.36 Å². The number of aromatic nitrogens is 10. The van der Waals surface area contributed by atoms with Gasteiger partial charge in [0.1, 0.15) is 73.0 Å². The second kappa shape index (κ2) is 37.6. The van der Waals surface area contributed by atoms with E-state index in [1.54, 1.807) is 0 Å². The molecule has 0 spiro atoms. The Kier molecular flexibility index (Phi) is 33.5. The number of aromatic amines is 4. The molecule has 0 fully saturated rings. The van der Waals surface area contributed by atoms with Crippen molar-refractivity contribution in [2.45, 2.75) is 43.2 Å². The minimum absolute atomic E-state index is 0. The van der Waals surface area contributed by atoms with Gasteiger partial charge >= 0.3 is 177 Å². The third-order valence-electron chi connectivity index (χ3n) is 13.0. The second-order valence-corrected chi connectivity index (χ2v) is 29.6. The molecule has 0 aliphatic rings. The van der Waals surface area contributed by atoms with Crippen LogP contribution in [0.25, 0.3) is 23.5 Å². The molecule has 10 rings (SSSR count). The molecule has 4 aromatic heterocycles. The van der Waals surface area contributed by atoms with Gasteiger partial charge in [0.15, 0.2) is 0 Å². The molecule has 10 aromatic rings. The molecule has 54 heteroatoms. The van der Waals surface area contributed by atoms with Gasteiger partial charge in [-0.05, 0) is 145 Å². The van der Waals surface area contributed by atoms with Crippen LogP contribution in [0.2, 0.25) is 20.6 Å². The third kappa shape index (κ3) is 23.4. The van der Waals surface area contributed by atoms with Gasteiger partial charge in [-0.15, -0.1) is 20.5 Å². The van der Waals surface area contributed by atoms with E-state index in [4.69, 9.17) is 46.4 Å². The number of halogens is 4. The summed E-state index contributed by atoms with van der Waals surface area (Å²) in [5.74, 6) is -2.13. The summed E-state index contributed by atoms with van der Waals surface area (Å²) in [6, 6.07) is 17.4. The number of nitrogens with one attached hydrogen (secondary N) is 4. The van der Waals surface area contributed by atoms with E-state index in [1.807, 2.05) is 0 Å². The first kappa shape index (κ1) is 94.5. The van der Waals surface area contributed by atoms with E-state index in [1.165, 1.54) is 26.0 Å². The molecule has 0 atom stereocenters. The van der Waals surface area contributed by atoms with E-state index in [-0.39, 0.29) is 267 Å². The fourth-order valence-corrected chi connectivity index (χ4v) is 13.0. The molecule has 0 bridgehead atoms. The van der Waals surface area contributed by atoms with Crippen molar-refractivity contribution in [1.82, 2.24) is 49.5 Å². The van der Waals surface area contributed by atoms with Crippen LogP contribution in [0.5, 0.6) is 11.8 Å². The fourth-order valence-electron chi connectivity index (χ4n) is 8.69. The van der Waals surface area contributed by atoms with Crippen LogP contribution in [0.4, 0.5) is 45.5 Å². The molecule has 0 aliphatic heterocycles. The minimum atomic E-state index is -5.30. The molecule has 0 saturated heterocycles. The molecule has 0 radical (unpaired) electrons. The SMILES string of the molecule is Cc1nn(-c2cc(S(=O)(=O)[O-])ccc2Cl)c([O-])c1N=Nc1cc(N=c2nc(Cl)[nH]c(=Nc3ccc(/C=C/c4ccc(N=c5[nH]c(Cl)nc(=Nc6ccc(S(=O)(=O)[O-])c(N=Nc7c(C)nn(-c8cc(S(=O)(=O)[O-])ccc8Cl)c7[O-])c6)[nH]5)cc4S(=O)(=O)O)c(S(=O)(=O)O)c3)[nH]2)ccc1S(=O)(=O)[O-].[Na+].[Na+].[Na+].[Na+].[Na+].[Na+].